The number of carbonyl (C=O) groups excluding carboxylic acids is 1. The standard InChI is InChI=1S/C23H35ClN2O3/c1-23(2,3)16-25-10-8-19(9-11-25)29-21-6-5-18(13-20(21)24)22(27)26-12-7-17(14-26)15-28-4/h5-6,13,17,19H,7-12,14-16H2,1-4H3/t17-/m1/s1. The molecule has 0 unspecified atom stereocenters. The van der Waals surface area contributed by atoms with Crippen LogP contribution in [0.25, 0.3) is 0 Å². The van der Waals surface area contributed by atoms with Crippen molar-refractivity contribution in [1.82, 2.24) is 9.80 Å². The zero-order valence-electron chi connectivity index (χ0n) is 18.2. The maximum atomic E-state index is 12.8. The number of rotatable bonds is 6. The highest BCUT2D eigenvalue weighted by atomic mass is 35.5. The molecule has 3 rings (SSSR count). The van der Waals surface area contributed by atoms with Gasteiger partial charge >= 0.3 is 0 Å². The fraction of sp³-hybridized carbons (Fsp3) is 0.696. The lowest BCUT2D eigenvalue weighted by atomic mass is 9.94. The largest absolute Gasteiger partial charge is 0.489 e. The van der Waals surface area contributed by atoms with Crippen molar-refractivity contribution in [1.29, 1.82) is 0 Å². The number of likely N-dealkylation sites (tertiary alicyclic amines) is 2. The van der Waals surface area contributed by atoms with E-state index in [1.54, 1.807) is 13.2 Å². The van der Waals surface area contributed by atoms with Gasteiger partial charge in [0.05, 0.1) is 11.6 Å². The van der Waals surface area contributed by atoms with Crippen LogP contribution in [0, 0.1) is 11.3 Å². The number of carbonyl (C=O) groups is 1. The second-order valence-electron chi connectivity index (χ2n) is 9.66. The van der Waals surface area contributed by atoms with E-state index >= 15 is 0 Å². The van der Waals surface area contributed by atoms with E-state index < -0.39 is 0 Å². The van der Waals surface area contributed by atoms with E-state index in [1.165, 1.54) is 0 Å². The van der Waals surface area contributed by atoms with Crippen molar-refractivity contribution in [3.05, 3.63) is 28.8 Å². The fourth-order valence-corrected chi connectivity index (χ4v) is 4.56. The summed E-state index contributed by atoms with van der Waals surface area (Å²) in [6.07, 6.45) is 3.17. The Morgan fingerprint density at radius 1 is 1.17 bits per heavy atom. The lowest BCUT2D eigenvalue weighted by Crippen LogP contribution is -2.42. The number of benzene rings is 1. The summed E-state index contributed by atoms with van der Waals surface area (Å²) >= 11 is 6.47. The van der Waals surface area contributed by atoms with Crippen LogP contribution in [0.1, 0.15) is 50.4 Å². The van der Waals surface area contributed by atoms with Gasteiger partial charge in [-0.25, -0.2) is 0 Å². The van der Waals surface area contributed by atoms with Gasteiger partial charge in [0.15, 0.2) is 0 Å². The quantitative estimate of drug-likeness (QED) is 0.683. The predicted octanol–water partition coefficient (Wildman–Crippen LogP) is 4.34. The molecule has 1 amide bonds. The van der Waals surface area contributed by atoms with E-state index in [2.05, 4.69) is 25.7 Å². The van der Waals surface area contributed by atoms with E-state index in [0.717, 1.165) is 52.0 Å². The van der Waals surface area contributed by atoms with Gasteiger partial charge in [-0.15, -0.1) is 0 Å². The molecule has 0 aliphatic carbocycles. The van der Waals surface area contributed by atoms with Crippen LogP contribution < -0.4 is 4.74 Å². The molecule has 162 valence electrons. The van der Waals surface area contributed by atoms with Crippen LogP contribution in [-0.2, 0) is 4.74 Å². The van der Waals surface area contributed by atoms with Gasteiger partial charge in [0.1, 0.15) is 11.9 Å². The number of ether oxygens (including phenoxy) is 2. The summed E-state index contributed by atoms with van der Waals surface area (Å²) in [6.45, 7) is 12.3. The molecule has 0 radical (unpaired) electrons. The van der Waals surface area contributed by atoms with Crippen LogP contribution >= 0.6 is 11.6 Å². The number of halogens is 1. The normalized spacial score (nSPS) is 21.6. The van der Waals surface area contributed by atoms with Crippen molar-refractivity contribution in [2.45, 2.75) is 46.1 Å². The Morgan fingerprint density at radius 3 is 2.52 bits per heavy atom. The van der Waals surface area contributed by atoms with Crippen molar-refractivity contribution < 1.29 is 14.3 Å². The predicted molar refractivity (Wildman–Crippen MR) is 117 cm³/mol. The first-order chi connectivity index (χ1) is 13.7. The lowest BCUT2D eigenvalue weighted by molar-refractivity contribution is 0.0773. The molecule has 0 bridgehead atoms. The minimum atomic E-state index is 0.0348. The summed E-state index contributed by atoms with van der Waals surface area (Å²) in [4.78, 5) is 17.2. The van der Waals surface area contributed by atoms with E-state index in [9.17, 15) is 4.79 Å². The highest BCUT2D eigenvalue weighted by Gasteiger charge is 2.28. The molecule has 0 saturated carbocycles. The molecule has 2 aliphatic rings. The maximum absolute atomic E-state index is 12.8. The third kappa shape index (κ3) is 6.34. The summed E-state index contributed by atoms with van der Waals surface area (Å²) < 4.78 is 11.4. The second-order valence-corrected chi connectivity index (χ2v) is 10.1. The van der Waals surface area contributed by atoms with Crippen molar-refractivity contribution in [2.24, 2.45) is 11.3 Å². The molecule has 2 heterocycles. The Morgan fingerprint density at radius 2 is 1.90 bits per heavy atom. The average Bonchev–Trinajstić information content (AvgIpc) is 3.12. The van der Waals surface area contributed by atoms with Gasteiger partial charge in [-0.3, -0.25) is 4.79 Å². The Bertz CT molecular complexity index is 696. The van der Waals surface area contributed by atoms with Crippen LogP contribution in [0.5, 0.6) is 5.75 Å². The number of piperidine rings is 1. The zero-order valence-corrected chi connectivity index (χ0v) is 19.0. The van der Waals surface area contributed by atoms with Crippen LogP contribution in [0.15, 0.2) is 18.2 Å². The minimum Gasteiger partial charge on any atom is -0.489 e. The molecule has 1 aromatic carbocycles. The molecule has 1 atom stereocenters. The molecular weight excluding hydrogens is 388 g/mol. The van der Waals surface area contributed by atoms with Crippen LogP contribution in [0.2, 0.25) is 5.02 Å². The highest BCUT2D eigenvalue weighted by Crippen LogP contribution is 2.30. The van der Waals surface area contributed by atoms with Crippen LogP contribution in [-0.4, -0.2) is 68.3 Å². The van der Waals surface area contributed by atoms with Crippen molar-refractivity contribution in [2.75, 3.05) is 46.4 Å². The van der Waals surface area contributed by atoms with Crippen LogP contribution in [0.3, 0.4) is 0 Å². The van der Waals surface area contributed by atoms with Gasteiger partial charge in [0.25, 0.3) is 5.91 Å². The molecular formula is C23H35ClN2O3. The Hall–Kier alpha value is -1.30. The smallest absolute Gasteiger partial charge is 0.253 e. The molecule has 0 aromatic heterocycles. The average molecular weight is 423 g/mol. The first-order valence-electron chi connectivity index (χ1n) is 10.7. The van der Waals surface area contributed by atoms with Crippen molar-refractivity contribution in [3.8, 4) is 5.75 Å². The first-order valence-corrected chi connectivity index (χ1v) is 11.1. The number of amides is 1. The number of hydrogen-bond donors (Lipinski definition) is 0. The molecule has 1 aromatic rings. The van der Waals surface area contributed by atoms with Gasteiger partial charge in [-0.05, 0) is 42.9 Å². The van der Waals surface area contributed by atoms with Gasteiger partial charge in [0.2, 0.25) is 0 Å². The second kappa shape index (κ2) is 9.67. The monoisotopic (exact) mass is 422 g/mol. The van der Waals surface area contributed by atoms with Gasteiger partial charge < -0.3 is 19.3 Å². The SMILES string of the molecule is COC[C@@H]1CCN(C(=O)c2ccc(OC3CCN(CC(C)(C)C)CC3)c(Cl)c2)C1. The van der Waals surface area contributed by atoms with Gasteiger partial charge in [-0.2, -0.15) is 0 Å². The third-order valence-electron chi connectivity index (χ3n) is 5.68. The molecule has 5 nitrogen and oxygen atoms in total. The van der Waals surface area contributed by atoms with Gasteiger partial charge in [0, 0.05) is 51.3 Å². The lowest BCUT2D eigenvalue weighted by Gasteiger charge is -2.36. The van der Waals surface area contributed by atoms with E-state index in [1.807, 2.05) is 17.0 Å². The topological polar surface area (TPSA) is 42.0 Å². The molecule has 2 saturated heterocycles. The molecule has 0 spiro atoms. The van der Waals surface area contributed by atoms with Crippen molar-refractivity contribution >= 4 is 17.5 Å². The number of methoxy groups -OCH3 is 1. The Balaban J connectivity index is 1.53. The maximum Gasteiger partial charge on any atom is 0.253 e. The Labute approximate surface area is 180 Å². The summed E-state index contributed by atoms with van der Waals surface area (Å²) in [5.74, 6) is 1.13. The summed E-state index contributed by atoms with van der Waals surface area (Å²) in [5.41, 5.74) is 0.943. The number of hydrogen-bond acceptors (Lipinski definition) is 4. The zero-order chi connectivity index (χ0) is 21.0. The molecule has 6 heteroatoms. The Kier molecular flexibility index (Phi) is 7.47. The van der Waals surface area contributed by atoms with Crippen molar-refractivity contribution in [3.63, 3.8) is 0 Å². The first kappa shape index (κ1) is 22.4. The van der Waals surface area contributed by atoms with E-state index in [4.69, 9.17) is 21.1 Å². The summed E-state index contributed by atoms with van der Waals surface area (Å²) in [6, 6.07) is 5.43. The van der Waals surface area contributed by atoms with Crippen LogP contribution in [0.4, 0.5) is 0 Å². The summed E-state index contributed by atoms with van der Waals surface area (Å²) in [7, 11) is 1.71. The highest BCUT2D eigenvalue weighted by molar-refractivity contribution is 6.32. The summed E-state index contributed by atoms with van der Waals surface area (Å²) in [5, 5.41) is 0.514. The molecule has 0 N–H and O–H groups in total. The van der Waals surface area contributed by atoms with Gasteiger partial charge in [-0.1, -0.05) is 32.4 Å². The van der Waals surface area contributed by atoms with E-state index in [0.29, 0.717) is 34.3 Å². The third-order valence-corrected chi connectivity index (χ3v) is 5.98. The fourth-order valence-electron chi connectivity index (χ4n) is 4.34. The molecule has 2 aliphatic heterocycles. The molecule has 2 fully saturated rings. The minimum absolute atomic E-state index is 0.0348. The number of nitrogens with zero attached hydrogens (tertiary/aromatic N) is 2. The van der Waals surface area contributed by atoms with E-state index in [-0.39, 0.29) is 12.0 Å². The molecule has 29 heavy (non-hydrogen) atoms.